The third-order valence-electron chi connectivity index (χ3n) is 9.28. The lowest BCUT2D eigenvalue weighted by Gasteiger charge is -2.33. The molecule has 12 heteroatoms. The highest BCUT2D eigenvalue weighted by atomic mass is 32.1. The van der Waals surface area contributed by atoms with E-state index in [-0.39, 0.29) is 16.8 Å². The number of alkyl halides is 3. The van der Waals surface area contributed by atoms with Crippen LogP contribution in [0.2, 0.25) is 0 Å². The Hall–Kier alpha value is -4.73. The number of nitriles is 1. The van der Waals surface area contributed by atoms with E-state index in [1.54, 1.807) is 6.07 Å². The van der Waals surface area contributed by atoms with Gasteiger partial charge in [-0.05, 0) is 85.2 Å². The average molecular weight is 686 g/mol. The molecule has 0 bridgehead atoms. The number of piperidine rings is 1. The molecule has 0 saturated carbocycles. The largest absolute Gasteiger partial charge is 0.393 e. The maximum Gasteiger partial charge on any atom is 0.393 e. The van der Waals surface area contributed by atoms with Crippen LogP contribution in [0, 0.1) is 18.3 Å². The van der Waals surface area contributed by atoms with E-state index < -0.39 is 12.6 Å². The van der Waals surface area contributed by atoms with Gasteiger partial charge in [-0.25, -0.2) is 9.97 Å². The predicted molar refractivity (Wildman–Crippen MR) is 189 cm³/mol. The van der Waals surface area contributed by atoms with E-state index in [1.165, 1.54) is 23.5 Å². The lowest BCUT2D eigenvalue weighted by molar-refractivity contribution is -0.126. The van der Waals surface area contributed by atoms with Gasteiger partial charge in [0.1, 0.15) is 28.7 Å². The summed E-state index contributed by atoms with van der Waals surface area (Å²) in [5.41, 5.74) is 7.03. The number of amides is 1. The summed E-state index contributed by atoms with van der Waals surface area (Å²) in [6, 6.07) is 16.4. The molecule has 49 heavy (non-hydrogen) atoms. The summed E-state index contributed by atoms with van der Waals surface area (Å²) in [7, 11) is 0. The first-order valence-electron chi connectivity index (χ1n) is 16.4. The minimum Gasteiger partial charge on any atom is -0.367 e. The number of nitrogens with one attached hydrogen (secondary N) is 2. The highest BCUT2D eigenvalue weighted by Gasteiger charge is 2.29. The molecule has 3 aromatic heterocycles. The van der Waals surface area contributed by atoms with Crippen molar-refractivity contribution in [1.29, 1.82) is 5.26 Å². The van der Waals surface area contributed by atoms with Crippen LogP contribution >= 0.6 is 11.3 Å². The van der Waals surface area contributed by atoms with Crippen LogP contribution in [0.5, 0.6) is 0 Å². The zero-order valence-corrected chi connectivity index (χ0v) is 28.3. The smallest absolute Gasteiger partial charge is 0.367 e. The fraction of sp³-hybridized carbons (Fsp3) is 0.351. The summed E-state index contributed by atoms with van der Waals surface area (Å²) in [6.07, 6.45) is 0.718. The van der Waals surface area contributed by atoms with E-state index >= 15 is 0 Å². The molecule has 2 aromatic carbocycles. The summed E-state index contributed by atoms with van der Waals surface area (Å²) in [5.74, 6) is 0.355. The third-order valence-corrected chi connectivity index (χ3v) is 10.3. The van der Waals surface area contributed by atoms with Gasteiger partial charge in [0.15, 0.2) is 0 Å². The van der Waals surface area contributed by atoms with Crippen LogP contribution < -0.4 is 10.6 Å². The highest BCUT2D eigenvalue weighted by molar-refractivity contribution is 7.18. The molecule has 5 aromatic rings. The number of fused-ring (bicyclic) bond motifs is 2. The zero-order chi connectivity index (χ0) is 34.7. The molecule has 0 radical (unpaired) electrons. The van der Waals surface area contributed by atoms with Gasteiger partial charge in [0.05, 0.1) is 11.8 Å². The zero-order valence-electron chi connectivity index (χ0n) is 27.5. The van der Waals surface area contributed by atoms with Crippen LogP contribution in [0.4, 0.5) is 24.7 Å². The number of rotatable bonds is 11. The van der Waals surface area contributed by atoms with Crippen LogP contribution in [0.25, 0.3) is 21.1 Å². The Morgan fingerprint density at radius 1 is 1.12 bits per heavy atom. The molecule has 0 aliphatic carbocycles. The molecule has 4 heterocycles. The number of anilines is 2. The van der Waals surface area contributed by atoms with Crippen molar-refractivity contribution in [1.82, 2.24) is 19.4 Å². The van der Waals surface area contributed by atoms with Crippen molar-refractivity contribution in [3.63, 3.8) is 0 Å². The minimum atomic E-state index is -4.26. The number of hydrogen-bond donors (Lipinski definition) is 2. The van der Waals surface area contributed by atoms with Crippen molar-refractivity contribution >= 4 is 49.9 Å². The number of thiophene rings is 1. The molecule has 1 fully saturated rings. The third kappa shape index (κ3) is 7.79. The quantitative estimate of drug-likeness (QED) is 0.137. The minimum absolute atomic E-state index is 0.159. The monoisotopic (exact) mass is 685 g/mol. The Morgan fingerprint density at radius 3 is 2.63 bits per heavy atom. The molecule has 2 N–H and O–H groups in total. The standard InChI is InChI=1S/C37H38F3N7OS/c1-4-25-16-24(6-8-32(25)45-34(48)5-2)10-15-47-28(20-41)17-30-23(3)26(7-9-33(30)47)21-46-13-11-27(12-14-46)44-35-31-18-29(19-37(38,39)40)49-36(31)43-22-42-35/h5-9,16-18,22,27H,2,4,10-15,19,21H2,1,3H3,(H,45,48)(H,42,43,44). The maximum absolute atomic E-state index is 13.0. The van der Waals surface area contributed by atoms with Gasteiger partial charge in [0, 0.05) is 53.7 Å². The number of nitrogens with zero attached hydrogens (tertiary/aromatic N) is 5. The van der Waals surface area contributed by atoms with Crippen LogP contribution in [0.15, 0.2) is 61.4 Å². The van der Waals surface area contributed by atoms with E-state index in [4.69, 9.17) is 0 Å². The van der Waals surface area contributed by atoms with Crippen molar-refractivity contribution in [3.8, 4) is 6.07 Å². The maximum atomic E-state index is 13.0. The van der Waals surface area contributed by atoms with Gasteiger partial charge in [-0.3, -0.25) is 9.69 Å². The van der Waals surface area contributed by atoms with Gasteiger partial charge in [-0.1, -0.05) is 31.7 Å². The molecule has 8 nitrogen and oxygen atoms in total. The Balaban J connectivity index is 1.10. The van der Waals surface area contributed by atoms with Gasteiger partial charge < -0.3 is 15.2 Å². The first-order valence-corrected chi connectivity index (χ1v) is 17.2. The molecule has 1 saturated heterocycles. The molecular weight excluding hydrogens is 648 g/mol. The molecule has 254 valence electrons. The molecular formula is C37H38F3N7OS. The molecule has 0 atom stereocenters. The topological polar surface area (TPSA) is 98.9 Å². The SMILES string of the molecule is C=CC(=O)Nc1ccc(CCn2c(C#N)cc3c(C)c(CN4CCC(Nc5ncnc6sc(CC(F)(F)F)cc56)CC4)ccc32)cc1CC. The van der Waals surface area contributed by atoms with Crippen molar-refractivity contribution in [3.05, 3.63) is 94.3 Å². The van der Waals surface area contributed by atoms with E-state index in [9.17, 15) is 23.2 Å². The lowest BCUT2D eigenvalue weighted by atomic mass is 10.0. The van der Waals surface area contributed by atoms with Gasteiger partial charge in [-0.2, -0.15) is 18.4 Å². The lowest BCUT2D eigenvalue weighted by Crippen LogP contribution is -2.39. The number of likely N-dealkylation sites (tertiary alicyclic amines) is 1. The molecule has 6 rings (SSSR count). The van der Waals surface area contributed by atoms with E-state index in [2.05, 4.69) is 74.8 Å². The van der Waals surface area contributed by atoms with Gasteiger partial charge in [0.25, 0.3) is 0 Å². The number of carbonyl (C=O) groups excluding carboxylic acids is 1. The van der Waals surface area contributed by atoms with Crippen LogP contribution in [0.1, 0.15) is 52.6 Å². The summed E-state index contributed by atoms with van der Waals surface area (Å²) < 4.78 is 41.0. The number of benzene rings is 2. The number of hydrogen-bond acceptors (Lipinski definition) is 7. The molecule has 0 unspecified atom stereocenters. The molecule has 1 aliphatic rings. The summed E-state index contributed by atoms with van der Waals surface area (Å²) in [6.45, 7) is 10.9. The van der Waals surface area contributed by atoms with E-state index in [0.717, 1.165) is 84.4 Å². The second-order valence-corrected chi connectivity index (χ2v) is 13.6. The molecule has 1 amide bonds. The van der Waals surface area contributed by atoms with Crippen LogP contribution in [-0.2, 0) is 37.1 Å². The Kier molecular flexibility index (Phi) is 10.0. The normalized spacial score (nSPS) is 14.3. The fourth-order valence-electron chi connectivity index (χ4n) is 6.64. The average Bonchev–Trinajstić information content (AvgIpc) is 3.66. The Morgan fingerprint density at radius 2 is 1.92 bits per heavy atom. The number of halogens is 3. The summed E-state index contributed by atoms with van der Waals surface area (Å²) in [5, 5.41) is 18.1. The number of carbonyl (C=O) groups is 1. The summed E-state index contributed by atoms with van der Waals surface area (Å²) >= 11 is 1.06. The molecule has 0 spiro atoms. The van der Waals surface area contributed by atoms with Gasteiger partial charge >= 0.3 is 6.18 Å². The van der Waals surface area contributed by atoms with Crippen LogP contribution in [-0.4, -0.2) is 50.6 Å². The van der Waals surface area contributed by atoms with Crippen molar-refractivity contribution in [2.24, 2.45) is 0 Å². The number of aryl methyl sites for hydroxylation is 4. The first-order chi connectivity index (χ1) is 23.5. The second kappa shape index (κ2) is 14.4. The Bertz CT molecular complexity index is 2050. The predicted octanol–water partition coefficient (Wildman–Crippen LogP) is 7.94. The van der Waals surface area contributed by atoms with E-state index in [1.807, 2.05) is 18.2 Å². The highest BCUT2D eigenvalue weighted by Crippen LogP contribution is 2.34. The fourth-order valence-corrected chi connectivity index (χ4v) is 7.67. The molecule has 1 aliphatic heterocycles. The van der Waals surface area contributed by atoms with Crippen molar-refractivity contribution < 1.29 is 18.0 Å². The van der Waals surface area contributed by atoms with E-state index in [0.29, 0.717) is 28.3 Å². The summed E-state index contributed by atoms with van der Waals surface area (Å²) in [4.78, 5) is 23.6. The van der Waals surface area contributed by atoms with Crippen LogP contribution in [0.3, 0.4) is 0 Å². The van der Waals surface area contributed by atoms with Gasteiger partial charge in [0.2, 0.25) is 5.91 Å². The second-order valence-electron chi connectivity index (χ2n) is 12.5. The van der Waals surface area contributed by atoms with Crippen molar-refractivity contribution in [2.45, 2.75) is 71.3 Å². The number of aromatic nitrogens is 3. The van der Waals surface area contributed by atoms with Crippen molar-refractivity contribution in [2.75, 3.05) is 23.7 Å². The first kappa shape index (κ1) is 34.1. The van der Waals surface area contributed by atoms with Gasteiger partial charge in [-0.15, -0.1) is 11.3 Å². The Labute approximate surface area is 287 Å².